The monoisotopic (exact) mass is 270 g/mol. The van der Waals surface area contributed by atoms with E-state index in [1.165, 1.54) is 0 Å². The third kappa shape index (κ3) is 3.09. The first-order valence-electron chi connectivity index (χ1n) is 6.24. The smallest absolute Gasteiger partial charge is 0.165 e. The van der Waals surface area contributed by atoms with Crippen LogP contribution in [0.2, 0.25) is 0 Å². The number of methoxy groups -OCH3 is 1. The van der Waals surface area contributed by atoms with Crippen molar-refractivity contribution in [2.24, 2.45) is 0 Å². The summed E-state index contributed by atoms with van der Waals surface area (Å²) in [6.07, 6.45) is 2.66. The molecule has 0 radical (unpaired) electrons. The zero-order valence-corrected chi connectivity index (χ0v) is 11.6. The van der Waals surface area contributed by atoms with Crippen LogP contribution in [0, 0.1) is 0 Å². The van der Waals surface area contributed by atoms with E-state index < -0.39 is 0 Å². The van der Waals surface area contributed by atoms with Crippen LogP contribution in [0.15, 0.2) is 18.2 Å². The Morgan fingerprint density at radius 3 is 2.83 bits per heavy atom. The van der Waals surface area contributed by atoms with Gasteiger partial charge in [-0.05, 0) is 25.8 Å². The van der Waals surface area contributed by atoms with Gasteiger partial charge >= 0.3 is 0 Å². The zero-order valence-electron chi connectivity index (χ0n) is 10.8. The van der Waals surface area contributed by atoms with Gasteiger partial charge in [-0.25, -0.2) is 0 Å². The van der Waals surface area contributed by atoms with E-state index in [1.54, 1.807) is 7.11 Å². The fourth-order valence-corrected chi connectivity index (χ4v) is 2.39. The summed E-state index contributed by atoms with van der Waals surface area (Å²) in [4.78, 5) is 0. The summed E-state index contributed by atoms with van der Waals surface area (Å²) in [7, 11) is 1.63. The van der Waals surface area contributed by atoms with E-state index in [0.29, 0.717) is 18.6 Å². The third-order valence-electron chi connectivity index (χ3n) is 3.16. The summed E-state index contributed by atoms with van der Waals surface area (Å²) in [5, 5.41) is 0. The van der Waals surface area contributed by atoms with Gasteiger partial charge < -0.3 is 14.2 Å². The van der Waals surface area contributed by atoms with Gasteiger partial charge in [-0.1, -0.05) is 12.1 Å². The van der Waals surface area contributed by atoms with E-state index in [0.717, 1.165) is 29.9 Å². The minimum absolute atomic E-state index is 0.174. The first-order chi connectivity index (χ1) is 8.74. The van der Waals surface area contributed by atoms with E-state index in [-0.39, 0.29) is 6.10 Å². The topological polar surface area (TPSA) is 27.7 Å². The maximum atomic E-state index is 5.91. The number of ether oxygens (including phenoxy) is 3. The molecule has 100 valence electrons. The molecule has 0 aromatic heterocycles. The number of para-hydroxylation sites is 1. The van der Waals surface area contributed by atoms with Gasteiger partial charge in [0.25, 0.3) is 0 Å². The summed E-state index contributed by atoms with van der Waals surface area (Å²) >= 11 is 5.91. The van der Waals surface area contributed by atoms with Crippen molar-refractivity contribution in [3.8, 4) is 11.5 Å². The normalized spacial score (nSPS) is 23.1. The minimum Gasteiger partial charge on any atom is -0.493 e. The Balaban J connectivity index is 2.03. The van der Waals surface area contributed by atoms with Crippen LogP contribution in [0.5, 0.6) is 11.5 Å². The molecule has 1 aromatic carbocycles. The summed E-state index contributed by atoms with van der Waals surface area (Å²) < 4.78 is 16.9. The van der Waals surface area contributed by atoms with Crippen LogP contribution in [-0.2, 0) is 10.6 Å². The van der Waals surface area contributed by atoms with E-state index >= 15 is 0 Å². The highest BCUT2D eigenvalue weighted by Crippen LogP contribution is 2.33. The van der Waals surface area contributed by atoms with Gasteiger partial charge in [0.05, 0.1) is 25.2 Å². The summed E-state index contributed by atoms with van der Waals surface area (Å²) in [6, 6.07) is 5.74. The number of rotatable bonds is 5. The molecule has 3 nitrogen and oxygen atoms in total. The minimum atomic E-state index is 0.174. The van der Waals surface area contributed by atoms with Gasteiger partial charge in [-0.3, -0.25) is 0 Å². The molecule has 1 fully saturated rings. The summed E-state index contributed by atoms with van der Waals surface area (Å²) in [5.41, 5.74) is 0.946. The van der Waals surface area contributed by atoms with Crippen molar-refractivity contribution in [1.82, 2.24) is 0 Å². The van der Waals surface area contributed by atoms with E-state index in [9.17, 15) is 0 Å². The molecule has 0 bridgehead atoms. The van der Waals surface area contributed by atoms with E-state index in [4.69, 9.17) is 25.8 Å². The summed E-state index contributed by atoms with van der Waals surface area (Å²) in [5.74, 6) is 1.87. The van der Waals surface area contributed by atoms with Gasteiger partial charge in [-0.2, -0.15) is 0 Å². The highest BCUT2D eigenvalue weighted by atomic mass is 35.5. The molecule has 4 heteroatoms. The Kier molecular flexibility index (Phi) is 4.72. The van der Waals surface area contributed by atoms with Crippen LogP contribution < -0.4 is 9.47 Å². The van der Waals surface area contributed by atoms with Crippen molar-refractivity contribution in [2.75, 3.05) is 13.7 Å². The molecule has 1 saturated heterocycles. The highest BCUT2D eigenvalue weighted by Gasteiger charge is 2.23. The van der Waals surface area contributed by atoms with Crippen molar-refractivity contribution in [3.05, 3.63) is 23.8 Å². The fourth-order valence-electron chi connectivity index (χ4n) is 2.18. The lowest BCUT2D eigenvalue weighted by Gasteiger charge is -2.17. The molecule has 0 amide bonds. The van der Waals surface area contributed by atoms with Crippen molar-refractivity contribution >= 4 is 11.6 Å². The van der Waals surface area contributed by atoms with Crippen molar-refractivity contribution < 1.29 is 14.2 Å². The number of hydrogen-bond donors (Lipinski definition) is 0. The molecule has 2 rings (SSSR count). The molecule has 1 heterocycles. The molecule has 0 aliphatic carbocycles. The van der Waals surface area contributed by atoms with Crippen LogP contribution in [-0.4, -0.2) is 25.9 Å². The average Bonchev–Trinajstić information content (AvgIpc) is 2.81. The van der Waals surface area contributed by atoms with Gasteiger partial charge in [0.2, 0.25) is 0 Å². The second-order valence-electron chi connectivity index (χ2n) is 4.54. The van der Waals surface area contributed by atoms with E-state index in [1.807, 2.05) is 18.2 Å². The number of hydrogen-bond acceptors (Lipinski definition) is 3. The number of benzene rings is 1. The van der Waals surface area contributed by atoms with Crippen LogP contribution in [0.25, 0.3) is 0 Å². The predicted octanol–water partition coefficient (Wildman–Crippen LogP) is 3.38. The van der Waals surface area contributed by atoms with Crippen LogP contribution >= 0.6 is 11.6 Å². The number of halogens is 1. The van der Waals surface area contributed by atoms with E-state index in [2.05, 4.69) is 6.92 Å². The standard InChI is InChI=1S/C14H19ClO3/c1-10-6-7-12(18-10)9-17-14-11(8-15)4-3-5-13(14)16-2/h3-5,10,12H,6-9H2,1-2H3. The molecule has 2 atom stereocenters. The van der Waals surface area contributed by atoms with Gasteiger partial charge in [0.15, 0.2) is 11.5 Å². The SMILES string of the molecule is COc1cccc(CCl)c1OCC1CCC(C)O1. The molecular weight excluding hydrogens is 252 g/mol. The second kappa shape index (κ2) is 6.30. The third-order valence-corrected chi connectivity index (χ3v) is 3.45. The summed E-state index contributed by atoms with van der Waals surface area (Å²) in [6.45, 7) is 2.64. The maximum absolute atomic E-state index is 5.91. The molecule has 0 spiro atoms. The zero-order chi connectivity index (χ0) is 13.0. The van der Waals surface area contributed by atoms with Crippen molar-refractivity contribution in [1.29, 1.82) is 0 Å². The molecule has 18 heavy (non-hydrogen) atoms. The first-order valence-corrected chi connectivity index (χ1v) is 6.78. The Morgan fingerprint density at radius 1 is 1.39 bits per heavy atom. The van der Waals surface area contributed by atoms with Gasteiger partial charge in [-0.15, -0.1) is 11.6 Å². The lowest BCUT2D eigenvalue weighted by atomic mass is 10.2. The second-order valence-corrected chi connectivity index (χ2v) is 4.81. The Labute approximate surface area is 113 Å². The Bertz CT molecular complexity index is 372. The van der Waals surface area contributed by atoms with Gasteiger partial charge in [0, 0.05) is 5.56 Å². The van der Waals surface area contributed by atoms with Crippen LogP contribution in [0.4, 0.5) is 0 Å². The molecule has 0 saturated carbocycles. The largest absolute Gasteiger partial charge is 0.493 e. The fraction of sp³-hybridized carbons (Fsp3) is 0.571. The molecule has 2 unspecified atom stereocenters. The first kappa shape index (κ1) is 13.5. The Hall–Kier alpha value is -0.930. The molecular formula is C14H19ClO3. The molecule has 1 aromatic rings. The van der Waals surface area contributed by atoms with Gasteiger partial charge in [0.1, 0.15) is 6.61 Å². The average molecular weight is 271 g/mol. The van der Waals surface area contributed by atoms with Crippen molar-refractivity contribution in [2.45, 2.75) is 37.9 Å². The molecule has 1 aliphatic rings. The van der Waals surface area contributed by atoms with Crippen molar-refractivity contribution in [3.63, 3.8) is 0 Å². The number of alkyl halides is 1. The highest BCUT2D eigenvalue weighted by molar-refractivity contribution is 6.17. The van der Waals surface area contributed by atoms with Crippen LogP contribution in [0.3, 0.4) is 0 Å². The lowest BCUT2D eigenvalue weighted by Crippen LogP contribution is -2.18. The quantitative estimate of drug-likeness (QED) is 0.768. The lowest BCUT2D eigenvalue weighted by molar-refractivity contribution is 0.0257. The predicted molar refractivity (Wildman–Crippen MR) is 71.6 cm³/mol. The van der Waals surface area contributed by atoms with Crippen LogP contribution in [0.1, 0.15) is 25.3 Å². The Morgan fingerprint density at radius 2 is 2.22 bits per heavy atom. The molecule has 0 N–H and O–H groups in total. The maximum Gasteiger partial charge on any atom is 0.165 e. The molecule has 1 aliphatic heterocycles.